The normalized spacial score (nSPS) is 15.5. The van der Waals surface area contributed by atoms with E-state index in [2.05, 4.69) is 0 Å². The zero-order valence-corrected chi connectivity index (χ0v) is 12.8. The Hall–Kier alpha value is -2.86. The minimum Gasteiger partial charge on any atom is -0.507 e. The summed E-state index contributed by atoms with van der Waals surface area (Å²) in [6, 6.07) is 7.99. The third-order valence-electron chi connectivity index (χ3n) is 4.43. The van der Waals surface area contributed by atoms with Gasteiger partial charge in [-0.25, -0.2) is 0 Å². The number of anilines is 1. The Bertz CT molecular complexity index is 874. The maximum atomic E-state index is 12.9. The predicted octanol–water partition coefficient (Wildman–Crippen LogP) is 1.36. The SMILES string of the molecule is O=C1c2ccccc2C(=O)c2c3c(cc(O)c21)N(CCO)CCO3. The Balaban J connectivity index is 1.98. The number of rotatable bonds is 2. The van der Waals surface area contributed by atoms with Crippen molar-refractivity contribution in [1.82, 2.24) is 0 Å². The number of phenolic OH excluding ortho intramolecular Hbond substituents is 1. The summed E-state index contributed by atoms with van der Waals surface area (Å²) < 4.78 is 5.68. The molecule has 0 unspecified atom stereocenters. The van der Waals surface area contributed by atoms with Crippen molar-refractivity contribution in [2.24, 2.45) is 0 Å². The lowest BCUT2D eigenvalue weighted by atomic mass is 9.82. The Morgan fingerprint density at radius 1 is 1.08 bits per heavy atom. The number of carbonyl (C=O) groups is 2. The number of carbonyl (C=O) groups excluding carboxylic acids is 2. The van der Waals surface area contributed by atoms with Crippen molar-refractivity contribution < 1.29 is 24.5 Å². The molecular formula is C18H15NO5. The number of benzene rings is 2. The number of aliphatic hydroxyl groups excluding tert-OH is 1. The van der Waals surface area contributed by atoms with Crippen LogP contribution in [0.1, 0.15) is 31.8 Å². The molecule has 0 fully saturated rings. The molecule has 0 radical (unpaired) electrons. The van der Waals surface area contributed by atoms with Gasteiger partial charge in [-0.1, -0.05) is 24.3 Å². The smallest absolute Gasteiger partial charge is 0.198 e. The molecule has 2 aromatic rings. The molecule has 2 N–H and O–H groups in total. The Morgan fingerprint density at radius 3 is 2.42 bits per heavy atom. The molecule has 0 amide bonds. The van der Waals surface area contributed by atoms with Gasteiger partial charge in [-0.15, -0.1) is 0 Å². The fourth-order valence-corrected chi connectivity index (χ4v) is 3.34. The van der Waals surface area contributed by atoms with Gasteiger partial charge >= 0.3 is 0 Å². The predicted molar refractivity (Wildman–Crippen MR) is 86.2 cm³/mol. The standard InChI is InChI=1S/C18H15NO5/c20-7-5-19-6-8-24-18-12(19)9-13(21)14-15(18)17(23)11-4-2-1-3-10(11)16(14)22/h1-4,9,20-21H,5-8H2. The summed E-state index contributed by atoms with van der Waals surface area (Å²) >= 11 is 0. The van der Waals surface area contributed by atoms with Crippen molar-refractivity contribution >= 4 is 17.3 Å². The average molecular weight is 325 g/mol. The van der Waals surface area contributed by atoms with E-state index in [1.165, 1.54) is 6.07 Å². The van der Waals surface area contributed by atoms with Crippen molar-refractivity contribution in [3.05, 3.63) is 52.6 Å². The molecule has 2 aliphatic rings. The maximum absolute atomic E-state index is 12.9. The van der Waals surface area contributed by atoms with Crippen LogP contribution in [0.2, 0.25) is 0 Å². The van der Waals surface area contributed by atoms with Crippen LogP contribution in [0.4, 0.5) is 5.69 Å². The molecule has 1 aliphatic carbocycles. The van der Waals surface area contributed by atoms with Crippen molar-refractivity contribution in [2.75, 3.05) is 31.2 Å². The zero-order valence-electron chi connectivity index (χ0n) is 12.8. The van der Waals surface area contributed by atoms with E-state index >= 15 is 0 Å². The molecule has 0 atom stereocenters. The van der Waals surface area contributed by atoms with Gasteiger partial charge in [0.2, 0.25) is 0 Å². The summed E-state index contributed by atoms with van der Waals surface area (Å²) in [6.45, 7) is 1.16. The number of aliphatic hydroxyl groups is 1. The molecule has 4 rings (SSSR count). The van der Waals surface area contributed by atoms with E-state index in [1.54, 1.807) is 24.3 Å². The van der Waals surface area contributed by atoms with Crippen LogP contribution in [0.3, 0.4) is 0 Å². The first-order chi connectivity index (χ1) is 11.6. The van der Waals surface area contributed by atoms with E-state index in [4.69, 9.17) is 4.74 Å². The van der Waals surface area contributed by atoms with Crippen LogP contribution in [-0.4, -0.2) is 48.1 Å². The number of β-amino-alcohol motifs (C(OH)–C–C–N with tert-alkyl or cyclic N) is 1. The van der Waals surface area contributed by atoms with Crippen LogP contribution < -0.4 is 9.64 Å². The number of hydrogen-bond acceptors (Lipinski definition) is 6. The highest BCUT2D eigenvalue weighted by Crippen LogP contribution is 2.45. The second-order valence-corrected chi connectivity index (χ2v) is 5.76. The number of fused-ring (bicyclic) bond motifs is 4. The number of phenols is 1. The molecule has 0 bridgehead atoms. The fraction of sp³-hybridized carbons (Fsp3) is 0.222. The third-order valence-corrected chi connectivity index (χ3v) is 4.43. The lowest BCUT2D eigenvalue weighted by Crippen LogP contribution is -2.36. The Kier molecular flexibility index (Phi) is 3.28. The first-order valence-electron chi connectivity index (χ1n) is 7.70. The molecule has 24 heavy (non-hydrogen) atoms. The van der Waals surface area contributed by atoms with Gasteiger partial charge in [0, 0.05) is 23.7 Å². The lowest BCUT2D eigenvalue weighted by Gasteiger charge is -2.33. The van der Waals surface area contributed by atoms with Crippen LogP contribution in [0.5, 0.6) is 11.5 Å². The fourth-order valence-electron chi connectivity index (χ4n) is 3.34. The van der Waals surface area contributed by atoms with Crippen molar-refractivity contribution in [3.63, 3.8) is 0 Å². The number of aromatic hydroxyl groups is 1. The molecule has 1 aliphatic heterocycles. The summed E-state index contributed by atoms with van der Waals surface area (Å²) in [6.07, 6.45) is 0. The van der Waals surface area contributed by atoms with Gasteiger partial charge in [-0.3, -0.25) is 9.59 Å². The molecule has 0 aromatic heterocycles. The number of nitrogens with zero attached hydrogens (tertiary/aromatic N) is 1. The highest BCUT2D eigenvalue weighted by molar-refractivity contribution is 6.30. The topological polar surface area (TPSA) is 87.1 Å². The largest absolute Gasteiger partial charge is 0.507 e. The van der Waals surface area contributed by atoms with Crippen molar-refractivity contribution in [3.8, 4) is 11.5 Å². The summed E-state index contributed by atoms with van der Waals surface area (Å²) in [5, 5.41) is 19.6. The molecule has 0 saturated heterocycles. The van der Waals surface area contributed by atoms with Gasteiger partial charge < -0.3 is 19.8 Å². The van der Waals surface area contributed by atoms with Crippen LogP contribution in [0.25, 0.3) is 0 Å². The zero-order chi connectivity index (χ0) is 16.8. The second-order valence-electron chi connectivity index (χ2n) is 5.76. The minimum atomic E-state index is -0.386. The summed E-state index contributed by atoms with van der Waals surface area (Å²) in [5.74, 6) is -0.665. The first kappa shape index (κ1) is 14.7. The lowest BCUT2D eigenvalue weighted by molar-refractivity contribution is 0.0972. The first-order valence-corrected chi connectivity index (χ1v) is 7.70. The number of ether oxygens (including phenoxy) is 1. The number of hydrogen-bond donors (Lipinski definition) is 2. The van der Waals surface area contributed by atoms with Gasteiger partial charge in [-0.2, -0.15) is 0 Å². The summed E-state index contributed by atoms with van der Waals surface area (Å²) in [4.78, 5) is 27.5. The molecular weight excluding hydrogens is 310 g/mol. The van der Waals surface area contributed by atoms with E-state index < -0.39 is 0 Å². The van der Waals surface area contributed by atoms with Gasteiger partial charge in [0.1, 0.15) is 12.4 Å². The molecule has 6 heteroatoms. The van der Waals surface area contributed by atoms with E-state index in [0.29, 0.717) is 36.7 Å². The minimum absolute atomic E-state index is 0.0108. The maximum Gasteiger partial charge on any atom is 0.198 e. The van der Waals surface area contributed by atoms with Crippen LogP contribution in [0.15, 0.2) is 30.3 Å². The van der Waals surface area contributed by atoms with Gasteiger partial charge in [0.25, 0.3) is 0 Å². The highest BCUT2D eigenvalue weighted by atomic mass is 16.5. The van der Waals surface area contributed by atoms with Crippen LogP contribution in [0, 0.1) is 0 Å². The van der Waals surface area contributed by atoms with Crippen molar-refractivity contribution in [1.29, 1.82) is 0 Å². The van der Waals surface area contributed by atoms with Crippen molar-refractivity contribution in [2.45, 2.75) is 0 Å². The quantitative estimate of drug-likeness (QED) is 0.740. The summed E-state index contributed by atoms with van der Waals surface area (Å²) in [5.41, 5.74) is 1.21. The van der Waals surface area contributed by atoms with Crippen LogP contribution in [-0.2, 0) is 0 Å². The average Bonchev–Trinajstić information content (AvgIpc) is 2.59. The second kappa shape index (κ2) is 5.35. The molecule has 0 saturated carbocycles. The van der Waals surface area contributed by atoms with E-state index in [-0.39, 0.29) is 40.6 Å². The molecule has 0 spiro atoms. The van der Waals surface area contributed by atoms with Gasteiger partial charge in [0.15, 0.2) is 17.3 Å². The third kappa shape index (κ3) is 1.93. The van der Waals surface area contributed by atoms with E-state index in [1.807, 2.05) is 4.90 Å². The van der Waals surface area contributed by atoms with Gasteiger partial charge in [-0.05, 0) is 0 Å². The highest BCUT2D eigenvalue weighted by Gasteiger charge is 2.37. The monoisotopic (exact) mass is 325 g/mol. The van der Waals surface area contributed by atoms with Crippen LogP contribution >= 0.6 is 0 Å². The van der Waals surface area contributed by atoms with E-state index in [9.17, 15) is 19.8 Å². The molecule has 122 valence electrons. The molecule has 6 nitrogen and oxygen atoms in total. The molecule has 1 heterocycles. The Labute approximate surface area is 137 Å². The molecule has 2 aromatic carbocycles. The van der Waals surface area contributed by atoms with E-state index in [0.717, 1.165) is 0 Å². The van der Waals surface area contributed by atoms with Gasteiger partial charge in [0.05, 0.1) is 30.0 Å². The summed E-state index contributed by atoms with van der Waals surface area (Å²) in [7, 11) is 0. The number of ketones is 2. The Morgan fingerprint density at radius 2 is 1.75 bits per heavy atom.